The van der Waals surface area contributed by atoms with Crippen molar-refractivity contribution in [1.82, 2.24) is 9.55 Å². The first kappa shape index (κ1) is 14.3. The molecular weight excluding hydrogens is 268 g/mol. The van der Waals surface area contributed by atoms with E-state index in [2.05, 4.69) is 4.98 Å². The van der Waals surface area contributed by atoms with Crippen LogP contribution in [0.5, 0.6) is 0 Å². The molecule has 1 saturated carbocycles. The van der Waals surface area contributed by atoms with Crippen LogP contribution in [-0.2, 0) is 4.74 Å². The van der Waals surface area contributed by atoms with E-state index in [4.69, 9.17) is 16.3 Å². The zero-order valence-corrected chi connectivity index (χ0v) is 12.2. The number of nitrogens with one attached hydrogen (secondary N) is 1. The lowest BCUT2D eigenvalue weighted by Gasteiger charge is -2.21. The van der Waals surface area contributed by atoms with Crippen molar-refractivity contribution in [2.24, 2.45) is 0 Å². The predicted octanol–water partition coefficient (Wildman–Crippen LogP) is 2.05. The summed E-state index contributed by atoms with van der Waals surface area (Å²) in [7, 11) is 1.61. The Hall–Kier alpha value is -1.07. The van der Waals surface area contributed by atoms with Gasteiger partial charge in [-0.15, -0.1) is 0 Å². The van der Waals surface area contributed by atoms with Crippen LogP contribution in [-0.4, -0.2) is 22.8 Å². The summed E-state index contributed by atoms with van der Waals surface area (Å²) in [5.41, 5.74) is -0.283. The van der Waals surface area contributed by atoms with E-state index in [1.165, 1.54) is 4.57 Å². The summed E-state index contributed by atoms with van der Waals surface area (Å²) in [6.07, 6.45) is 2.52. The highest BCUT2D eigenvalue weighted by Crippen LogP contribution is 2.30. The zero-order valence-electron chi connectivity index (χ0n) is 11.4. The average Bonchev–Trinajstić information content (AvgIpc) is 2.75. The van der Waals surface area contributed by atoms with Crippen molar-refractivity contribution in [2.45, 2.75) is 51.2 Å². The van der Waals surface area contributed by atoms with E-state index in [1.807, 2.05) is 13.8 Å². The van der Waals surface area contributed by atoms with E-state index in [1.54, 1.807) is 7.11 Å². The molecule has 2 rings (SSSR count). The number of aromatic nitrogens is 2. The van der Waals surface area contributed by atoms with Gasteiger partial charge in [0.25, 0.3) is 5.56 Å². The molecule has 2 unspecified atom stereocenters. The molecule has 0 saturated heterocycles. The molecule has 5 nitrogen and oxygen atoms in total. The molecule has 19 heavy (non-hydrogen) atoms. The number of H-pyrrole nitrogens is 1. The Bertz CT molecular complexity index is 576. The molecule has 0 aromatic carbocycles. The van der Waals surface area contributed by atoms with E-state index < -0.39 is 5.69 Å². The molecule has 1 heterocycles. The number of aromatic amines is 1. The number of rotatable bonds is 3. The van der Waals surface area contributed by atoms with Gasteiger partial charge in [0.1, 0.15) is 5.15 Å². The van der Waals surface area contributed by atoms with Crippen molar-refractivity contribution in [1.29, 1.82) is 0 Å². The molecule has 6 heteroatoms. The van der Waals surface area contributed by atoms with E-state index in [0.717, 1.165) is 19.3 Å². The van der Waals surface area contributed by atoms with Crippen LogP contribution < -0.4 is 11.2 Å². The SMILES string of the molecule is COC1CCCC1n1c(=O)[nH]c(Cl)c(C(C)C)c1=O. The minimum Gasteiger partial charge on any atom is -0.379 e. The summed E-state index contributed by atoms with van der Waals surface area (Å²) in [5, 5.41) is 0.146. The van der Waals surface area contributed by atoms with Crippen LogP contribution in [0.3, 0.4) is 0 Å². The van der Waals surface area contributed by atoms with Gasteiger partial charge in [0.15, 0.2) is 0 Å². The maximum Gasteiger partial charge on any atom is 0.329 e. The molecule has 2 atom stereocenters. The van der Waals surface area contributed by atoms with Gasteiger partial charge < -0.3 is 4.74 Å². The predicted molar refractivity (Wildman–Crippen MR) is 74.1 cm³/mol. The molecule has 0 amide bonds. The van der Waals surface area contributed by atoms with E-state index in [9.17, 15) is 9.59 Å². The fourth-order valence-electron chi connectivity index (χ4n) is 2.82. The molecule has 1 aromatic heterocycles. The molecule has 1 aliphatic carbocycles. The van der Waals surface area contributed by atoms with E-state index >= 15 is 0 Å². The number of hydrogen-bond acceptors (Lipinski definition) is 3. The summed E-state index contributed by atoms with van der Waals surface area (Å²) in [6, 6.07) is -0.198. The molecule has 0 spiro atoms. The first-order valence-corrected chi connectivity index (χ1v) is 6.92. The quantitative estimate of drug-likeness (QED) is 0.865. The van der Waals surface area contributed by atoms with Crippen LogP contribution in [0.25, 0.3) is 0 Å². The summed E-state index contributed by atoms with van der Waals surface area (Å²) in [5.74, 6) is -0.0366. The Labute approximate surface area is 116 Å². The van der Waals surface area contributed by atoms with Gasteiger partial charge in [0.2, 0.25) is 0 Å². The van der Waals surface area contributed by atoms with Gasteiger partial charge in [-0.2, -0.15) is 0 Å². The smallest absolute Gasteiger partial charge is 0.329 e. The monoisotopic (exact) mass is 286 g/mol. The average molecular weight is 287 g/mol. The lowest BCUT2D eigenvalue weighted by atomic mass is 10.1. The summed E-state index contributed by atoms with van der Waals surface area (Å²) in [4.78, 5) is 27.1. The summed E-state index contributed by atoms with van der Waals surface area (Å²) < 4.78 is 6.65. The normalized spacial score (nSPS) is 23.2. The van der Waals surface area contributed by atoms with Crippen molar-refractivity contribution in [3.8, 4) is 0 Å². The third kappa shape index (κ3) is 2.49. The molecular formula is C13H19ClN2O3. The van der Waals surface area contributed by atoms with Crippen LogP contribution in [0.15, 0.2) is 9.59 Å². The molecule has 0 aliphatic heterocycles. The minimum atomic E-state index is -0.451. The highest BCUT2D eigenvalue weighted by atomic mass is 35.5. The lowest BCUT2D eigenvalue weighted by molar-refractivity contribution is 0.0721. The van der Waals surface area contributed by atoms with Crippen molar-refractivity contribution in [3.05, 3.63) is 31.6 Å². The fraction of sp³-hybridized carbons (Fsp3) is 0.692. The molecule has 1 aliphatic rings. The Kier molecular flexibility index (Phi) is 4.16. The standard InChI is InChI=1S/C13H19ClN2O3/c1-7(2)10-11(14)15-13(18)16(12(10)17)8-5-4-6-9(8)19-3/h7-9H,4-6H2,1-3H3,(H,15,18). The van der Waals surface area contributed by atoms with Crippen LogP contribution >= 0.6 is 11.6 Å². The third-order valence-electron chi connectivity index (χ3n) is 3.75. The van der Waals surface area contributed by atoms with Crippen molar-refractivity contribution < 1.29 is 4.74 Å². The van der Waals surface area contributed by atoms with Gasteiger partial charge in [-0.25, -0.2) is 4.79 Å². The lowest BCUT2D eigenvalue weighted by Crippen LogP contribution is -2.42. The van der Waals surface area contributed by atoms with Gasteiger partial charge >= 0.3 is 5.69 Å². The number of hydrogen-bond donors (Lipinski definition) is 1. The Balaban J connectivity index is 2.61. The Morgan fingerprint density at radius 1 is 1.37 bits per heavy atom. The first-order valence-electron chi connectivity index (χ1n) is 6.54. The van der Waals surface area contributed by atoms with Crippen LogP contribution in [0.4, 0.5) is 0 Å². The summed E-state index contributed by atoms with van der Waals surface area (Å²) >= 11 is 5.98. The van der Waals surface area contributed by atoms with Gasteiger partial charge in [0.05, 0.1) is 17.7 Å². The van der Waals surface area contributed by atoms with Crippen molar-refractivity contribution >= 4 is 11.6 Å². The second-order valence-electron chi connectivity index (χ2n) is 5.26. The fourth-order valence-corrected chi connectivity index (χ4v) is 3.20. The van der Waals surface area contributed by atoms with E-state index in [0.29, 0.717) is 5.56 Å². The minimum absolute atomic E-state index is 0.0366. The number of nitrogens with zero attached hydrogens (tertiary/aromatic N) is 1. The molecule has 106 valence electrons. The molecule has 1 aromatic rings. The van der Waals surface area contributed by atoms with Gasteiger partial charge in [-0.1, -0.05) is 25.4 Å². The van der Waals surface area contributed by atoms with Crippen LogP contribution in [0, 0.1) is 0 Å². The molecule has 1 fully saturated rings. The topological polar surface area (TPSA) is 64.1 Å². The van der Waals surface area contributed by atoms with Crippen molar-refractivity contribution in [2.75, 3.05) is 7.11 Å². The van der Waals surface area contributed by atoms with Gasteiger partial charge in [-0.05, 0) is 25.2 Å². The maximum atomic E-state index is 12.5. The van der Waals surface area contributed by atoms with Crippen LogP contribution in [0.1, 0.15) is 50.6 Å². The second kappa shape index (κ2) is 5.51. The number of ether oxygens (including phenoxy) is 1. The maximum absolute atomic E-state index is 12.5. The molecule has 1 N–H and O–H groups in total. The Morgan fingerprint density at radius 3 is 2.63 bits per heavy atom. The number of methoxy groups -OCH3 is 1. The second-order valence-corrected chi connectivity index (χ2v) is 5.64. The highest BCUT2D eigenvalue weighted by molar-refractivity contribution is 6.30. The van der Waals surface area contributed by atoms with E-state index in [-0.39, 0.29) is 28.8 Å². The van der Waals surface area contributed by atoms with Crippen molar-refractivity contribution in [3.63, 3.8) is 0 Å². The third-order valence-corrected chi connectivity index (χ3v) is 4.05. The summed E-state index contributed by atoms with van der Waals surface area (Å²) in [6.45, 7) is 3.77. The zero-order chi connectivity index (χ0) is 14.2. The van der Waals surface area contributed by atoms with Crippen LogP contribution in [0.2, 0.25) is 5.15 Å². The van der Waals surface area contributed by atoms with Gasteiger partial charge in [0, 0.05) is 7.11 Å². The first-order chi connectivity index (χ1) is 8.97. The highest BCUT2D eigenvalue weighted by Gasteiger charge is 2.32. The van der Waals surface area contributed by atoms with Gasteiger partial charge in [-0.3, -0.25) is 14.3 Å². The number of halogens is 1. The Morgan fingerprint density at radius 2 is 2.05 bits per heavy atom. The largest absolute Gasteiger partial charge is 0.379 e. The molecule has 0 bridgehead atoms. The molecule has 0 radical (unpaired) electrons.